The zero-order chi connectivity index (χ0) is 25.3. The molecule has 7 rings (SSSR count). The zero-order valence-electron chi connectivity index (χ0n) is 21.0. The van der Waals surface area contributed by atoms with E-state index in [1.54, 1.807) is 0 Å². The molecule has 0 saturated carbocycles. The molecule has 0 bridgehead atoms. The molecule has 1 heteroatoms. The Morgan fingerprint density at radius 1 is 0.368 bits per heavy atom. The van der Waals surface area contributed by atoms with E-state index in [-0.39, 0.29) is 0 Å². The molecular weight excluding hydrogens is 458 g/mol. The molecule has 0 spiro atoms. The summed E-state index contributed by atoms with van der Waals surface area (Å²) in [5, 5.41) is 2.49. The largest absolute Gasteiger partial charge is 0.226 e. The van der Waals surface area contributed by atoms with Crippen LogP contribution in [0.1, 0.15) is 0 Å². The fourth-order valence-corrected chi connectivity index (χ4v) is 5.60. The Morgan fingerprint density at radius 2 is 0.842 bits per heavy atom. The molecule has 0 radical (unpaired) electrons. The van der Waals surface area contributed by atoms with Gasteiger partial charge < -0.3 is 0 Å². The van der Waals surface area contributed by atoms with E-state index < -0.39 is 0 Å². The van der Waals surface area contributed by atoms with Crippen LogP contribution in [0.25, 0.3) is 60.9 Å². The van der Waals surface area contributed by atoms with E-state index in [4.69, 9.17) is 0 Å². The normalized spacial score (nSPS) is 11.2. The summed E-state index contributed by atoms with van der Waals surface area (Å²) < 4.78 is 2.44. The quantitative estimate of drug-likeness (QED) is 0.173. The number of rotatable bonds is 4. The zero-order valence-corrected chi connectivity index (χ0v) is 21.0. The second kappa shape index (κ2) is 9.46. The monoisotopic (exact) mass is 484 g/mol. The maximum Gasteiger partial charge on any atom is 0.226 e. The summed E-state index contributed by atoms with van der Waals surface area (Å²) in [5.74, 6) is 0. The van der Waals surface area contributed by atoms with Gasteiger partial charge in [0.15, 0.2) is 6.20 Å². The van der Waals surface area contributed by atoms with E-state index in [0.29, 0.717) is 0 Å². The molecule has 0 aliphatic carbocycles. The molecule has 0 unspecified atom stereocenters. The van der Waals surface area contributed by atoms with Gasteiger partial charge in [-0.2, -0.15) is 4.40 Å². The lowest BCUT2D eigenvalue weighted by Crippen LogP contribution is -2.27. The number of hydrogen-bond donors (Lipinski definition) is 0. The van der Waals surface area contributed by atoms with E-state index in [1.165, 1.54) is 60.9 Å². The summed E-state index contributed by atoms with van der Waals surface area (Å²) in [6.45, 7) is 0. The third-order valence-electron chi connectivity index (χ3n) is 7.29. The minimum Gasteiger partial charge on any atom is -0.158 e. The Balaban J connectivity index is 1.75. The Bertz CT molecular complexity index is 1870. The van der Waals surface area contributed by atoms with Crippen molar-refractivity contribution in [2.24, 2.45) is 0 Å². The molecule has 1 nitrogen and oxygen atoms in total. The topological polar surface area (TPSA) is 4.10 Å². The second-order valence-corrected chi connectivity index (χ2v) is 9.59. The molecule has 7 aromatic rings. The molecular formula is C37H26N+. The number of nitrogens with zero attached hydrogens (tertiary/aromatic N) is 1. The van der Waals surface area contributed by atoms with Gasteiger partial charge >= 0.3 is 0 Å². The van der Waals surface area contributed by atoms with Crippen LogP contribution in [0.4, 0.5) is 0 Å². The summed E-state index contributed by atoms with van der Waals surface area (Å²) >= 11 is 0. The van der Waals surface area contributed by atoms with E-state index >= 15 is 0 Å². The highest BCUT2D eigenvalue weighted by molar-refractivity contribution is 6.10. The van der Waals surface area contributed by atoms with Gasteiger partial charge in [0.25, 0.3) is 0 Å². The van der Waals surface area contributed by atoms with Gasteiger partial charge in [0, 0.05) is 16.5 Å². The summed E-state index contributed by atoms with van der Waals surface area (Å²) in [5.41, 5.74) is 10.9. The van der Waals surface area contributed by atoms with E-state index in [1.807, 2.05) is 0 Å². The van der Waals surface area contributed by atoms with Gasteiger partial charge in [-0.3, -0.25) is 0 Å². The van der Waals surface area contributed by atoms with Crippen LogP contribution in [0.15, 0.2) is 158 Å². The van der Waals surface area contributed by atoms with Crippen molar-refractivity contribution in [3.8, 4) is 44.6 Å². The van der Waals surface area contributed by atoms with E-state index in [2.05, 4.69) is 162 Å². The third-order valence-corrected chi connectivity index (χ3v) is 7.29. The summed E-state index contributed by atoms with van der Waals surface area (Å²) in [7, 11) is 0. The smallest absolute Gasteiger partial charge is 0.158 e. The molecule has 38 heavy (non-hydrogen) atoms. The molecule has 0 fully saturated rings. The van der Waals surface area contributed by atoms with Crippen LogP contribution >= 0.6 is 0 Å². The standard InChI is InChI=1S/C37H26N/c1-5-15-27(16-6-1)31-25-34(28-17-7-2-8-18-28)37-33-24-14-13-23-32(33)35(29-19-9-3-10-20-29)36(38(37)26-31)30-21-11-4-12-22-30/h1-26H/q+1. The summed E-state index contributed by atoms with van der Waals surface area (Å²) in [6.07, 6.45) is 2.32. The first-order valence-corrected chi connectivity index (χ1v) is 13.0. The second-order valence-electron chi connectivity index (χ2n) is 9.59. The maximum atomic E-state index is 2.44. The van der Waals surface area contributed by atoms with Crippen molar-refractivity contribution in [1.29, 1.82) is 0 Å². The maximum absolute atomic E-state index is 2.44. The molecule has 0 N–H and O–H groups in total. The highest BCUT2D eigenvalue weighted by Gasteiger charge is 2.27. The average molecular weight is 485 g/mol. The van der Waals surface area contributed by atoms with Crippen molar-refractivity contribution in [2.75, 3.05) is 0 Å². The molecule has 0 saturated heterocycles. The van der Waals surface area contributed by atoms with Crippen LogP contribution in [-0.2, 0) is 0 Å². The Hall–Kier alpha value is -5.01. The highest BCUT2D eigenvalue weighted by atomic mass is 14.9. The van der Waals surface area contributed by atoms with Crippen molar-refractivity contribution in [1.82, 2.24) is 0 Å². The first-order chi connectivity index (χ1) is 18.9. The number of benzene rings is 5. The Kier molecular flexibility index (Phi) is 5.53. The van der Waals surface area contributed by atoms with Gasteiger partial charge in [0.2, 0.25) is 11.2 Å². The molecule has 2 heterocycles. The molecule has 0 aliphatic heterocycles. The number of fused-ring (bicyclic) bond motifs is 3. The number of aromatic nitrogens is 1. The van der Waals surface area contributed by atoms with Gasteiger partial charge in [0.1, 0.15) is 0 Å². The minimum atomic E-state index is 1.19. The predicted octanol–water partition coefficient (Wildman–Crippen LogP) is 9.25. The fraction of sp³-hybridized carbons (Fsp3) is 0. The van der Waals surface area contributed by atoms with Gasteiger partial charge in [-0.05, 0) is 41.0 Å². The number of pyridine rings is 2. The van der Waals surface area contributed by atoms with E-state index in [0.717, 1.165) is 0 Å². The molecule has 0 atom stereocenters. The van der Waals surface area contributed by atoms with Gasteiger partial charge in [-0.15, -0.1) is 0 Å². The molecule has 0 aliphatic rings. The Morgan fingerprint density at radius 3 is 1.45 bits per heavy atom. The molecule has 0 amide bonds. The lowest BCUT2D eigenvalue weighted by Gasteiger charge is -2.16. The lowest BCUT2D eigenvalue weighted by atomic mass is 9.90. The first-order valence-electron chi connectivity index (χ1n) is 13.0. The third kappa shape index (κ3) is 3.77. The summed E-state index contributed by atoms with van der Waals surface area (Å²) in [6, 6.07) is 54.2. The van der Waals surface area contributed by atoms with Crippen LogP contribution in [0, 0.1) is 0 Å². The van der Waals surface area contributed by atoms with Crippen LogP contribution < -0.4 is 4.40 Å². The van der Waals surface area contributed by atoms with Gasteiger partial charge in [-0.25, -0.2) is 0 Å². The highest BCUT2D eigenvalue weighted by Crippen LogP contribution is 2.40. The SMILES string of the molecule is c1ccc(-c2cc(-c3ccccc3)c3c4ccccc4c(-c4ccccc4)c(-c4ccccc4)[n+]3c2)cc1. The van der Waals surface area contributed by atoms with Crippen molar-refractivity contribution >= 4 is 16.3 Å². The van der Waals surface area contributed by atoms with Gasteiger partial charge in [0.05, 0.1) is 16.5 Å². The van der Waals surface area contributed by atoms with Crippen molar-refractivity contribution in [3.63, 3.8) is 0 Å². The van der Waals surface area contributed by atoms with E-state index in [9.17, 15) is 0 Å². The molecule has 2 aromatic heterocycles. The summed E-state index contributed by atoms with van der Waals surface area (Å²) in [4.78, 5) is 0. The average Bonchev–Trinajstić information content (AvgIpc) is 3.01. The minimum absolute atomic E-state index is 1.19. The Labute approximate surface area is 222 Å². The van der Waals surface area contributed by atoms with Crippen LogP contribution in [0.2, 0.25) is 0 Å². The molecule has 5 aromatic carbocycles. The van der Waals surface area contributed by atoms with Crippen LogP contribution in [0.3, 0.4) is 0 Å². The van der Waals surface area contributed by atoms with Crippen molar-refractivity contribution in [2.45, 2.75) is 0 Å². The predicted molar refractivity (Wildman–Crippen MR) is 159 cm³/mol. The lowest BCUT2D eigenvalue weighted by molar-refractivity contribution is -0.496. The van der Waals surface area contributed by atoms with Crippen molar-refractivity contribution in [3.05, 3.63) is 158 Å². The van der Waals surface area contributed by atoms with Crippen molar-refractivity contribution < 1.29 is 4.40 Å². The number of hydrogen-bond acceptors (Lipinski definition) is 0. The molecule has 178 valence electrons. The first kappa shape index (κ1) is 22.2. The van der Waals surface area contributed by atoms with Gasteiger partial charge in [-0.1, -0.05) is 127 Å². The van der Waals surface area contributed by atoms with Crippen LogP contribution in [-0.4, -0.2) is 0 Å². The fourth-order valence-electron chi connectivity index (χ4n) is 5.60. The van der Waals surface area contributed by atoms with Crippen LogP contribution in [0.5, 0.6) is 0 Å².